The Kier molecular flexibility index (Phi) is 4.30. The third-order valence-corrected chi connectivity index (χ3v) is 3.33. The van der Waals surface area contributed by atoms with E-state index in [2.05, 4.69) is 25.5 Å². The van der Waals surface area contributed by atoms with Crippen molar-refractivity contribution < 1.29 is 9.13 Å². The lowest BCUT2D eigenvalue weighted by Crippen LogP contribution is -2.42. The first-order valence-corrected chi connectivity index (χ1v) is 7.14. The summed E-state index contributed by atoms with van der Waals surface area (Å²) in [7, 11) is 0. The van der Waals surface area contributed by atoms with E-state index < -0.39 is 5.82 Å². The van der Waals surface area contributed by atoms with Crippen molar-refractivity contribution in [2.75, 3.05) is 29.9 Å². The molecule has 2 aromatic heterocycles. The largest absolute Gasteiger partial charge is 0.375 e. The molecule has 0 radical (unpaired) electrons. The molecule has 1 aliphatic heterocycles. The molecule has 0 amide bonds. The van der Waals surface area contributed by atoms with Crippen LogP contribution in [0.4, 0.5) is 22.0 Å². The second kappa shape index (κ2) is 6.37. The Morgan fingerprint density at radius 1 is 1.45 bits per heavy atom. The maximum absolute atomic E-state index is 13.9. The van der Waals surface area contributed by atoms with Gasteiger partial charge in [-0.3, -0.25) is 0 Å². The molecule has 1 atom stereocenters. The van der Waals surface area contributed by atoms with E-state index in [9.17, 15) is 4.39 Å². The minimum atomic E-state index is -0.577. The Bertz CT molecular complexity index is 673. The van der Waals surface area contributed by atoms with Gasteiger partial charge in [-0.2, -0.15) is 10.1 Å². The molecule has 0 aliphatic carbocycles. The molecule has 1 saturated heterocycles. The molecule has 0 aromatic carbocycles. The minimum Gasteiger partial charge on any atom is -0.375 e. The Hall–Kier alpha value is -2.06. The molecule has 3 heterocycles. The monoisotopic (exact) mass is 324 g/mol. The van der Waals surface area contributed by atoms with Gasteiger partial charge < -0.3 is 15.0 Å². The molecule has 1 N–H and O–H groups in total. The van der Waals surface area contributed by atoms with Gasteiger partial charge in [0, 0.05) is 19.2 Å². The Balaban J connectivity index is 1.83. The number of hydrogen-bond donors (Lipinski definition) is 1. The molecular weight excluding hydrogens is 311 g/mol. The average Bonchev–Trinajstić information content (AvgIpc) is 2.49. The zero-order valence-electron chi connectivity index (χ0n) is 11.8. The number of anilines is 3. The zero-order chi connectivity index (χ0) is 15.5. The fourth-order valence-corrected chi connectivity index (χ4v) is 2.27. The molecule has 7 nitrogen and oxygen atoms in total. The summed E-state index contributed by atoms with van der Waals surface area (Å²) >= 11 is 5.83. The number of hydrogen-bond acceptors (Lipinski definition) is 7. The summed E-state index contributed by atoms with van der Waals surface area (Å²) in [6.07, 6.45) is 2.60. The number of aromatic nitrogens is 4. The van der Waals surface area contributed by atoms with Crippen LogP contribution < -0.4 is 10.2 Å². The number of ether oxygens (including phenoxy) is 1. The van der Waals surface area contributed by atoms with Crippen molar-refractivity contribution >= 4 is 29.2 Å². The van der Waals surface area contributed by atoms with E-state index in [4.69, 9.17) is 16.3 Å². The fourth-order valence-electron chi connectivity index (χ4n) is 2.12. The second-order valence-corrected chi connectivity index (χ2v) is 5.31. The Labute approximate surface area is 131 Å². The standard InChI is InChI=1S/C13H14ClFN6O/c1-8-7-21(2-3-22-8)13-16-6-10(15)12(19-13)18-11-4-9(14)5-17-20-11/h4-6,8H,2-3,7H2,1H3,(H,16,18,19,20). The smallest absolute Gasteiger partial charge is 0.227 e. The van der Waals surface area contributed by atoms with Crippen molar-refractivity contribution in [2.24, 2.45) is 0 Å². The van der Waals surface area contributed by atoms with Gasteiger partial charge in [-0.25, -0.2) is 9.37 Å². The van der Waals surface area contributed by atoms with Crippen LogP contribution in [0.25, 0.3) is 0 Å². The molecule has 1 fully saturated rings. The highest BCUT2D eigenvalue weighted by Gasteiger charge is 2.20. The lowest BCUT2D eigenvalue weighted by atomic mass is 10.3. The van der Waals surface area contributed by atoms with Gasteiger partial charge in [0.25, 0.3) is 0 Å². The molecule has 2 aromatic rings. The number of morpholine rings is 1. The first-order chi connectivity index (χ1) is 10.6. The highest BCUT2D eigenvalue weighted by Crippen LogP contribution is 2.21. The summed E-state index contributed by atoms with van der Waals surface area (Å²) in [5.41, 5.74) is 0. The van der Waals surface area contributed by atoms with Gasteiger partial charge in [-0.05, 0) is 6.92 Å². The van der Waals surface area contributed by atoms with E-state index >= 15 is 0 Å². The van der Waals surface area contributed by atoms with E-state index in [0.29, 0.717) is 36.5 Å². The molecular formula is C13H14ClFN6O. The van der Waals surface area contributed by atoms with E-state index in [1.165, 1.54) is 12.3 Å². The maximum Gasteiger partial charge on any atom is 0.227 e. The van der Waals surface area contributed by atoms with Gasteiger partial charge in [0.05, 0.1) is 30.1 Å². The lowest BCUT2D eigenvalue weighted by Gasteiger charge is -2.31. The van der Waals surface area contributed by atoms with Gasteiger partial charge >= 0.3 is 0 Å². The van der Waals surface area contributed by atoms with Gasteiger partial charge in [0.2, 0.25) is 5.95 Å². The average molecular weight is 325 g/mol. The molecule has 22 heavy (non-hydrogen) atoms. The highest BCUT2D eigenvalue weighted by molar-refractivity contribution is 6.30. The van der Waals surface area contributed by atoms with Crippen LogP contribution in [0.15, 0.2) is 18.5 Å². The molecule has 1 unspecified atom stereocenters. The Morgan fingerprint density at radius 3 is 3.09 bits per heavy atom. The predicted molar refractivity (Wildman–Crippen MR) is 79.9 cm³/mol. The summed E-state index contributed by atoms with van der Waals surface area (Å²) in [5.74, 6) is 0.202. The summed E-state index contributed by atoms with van der Waals surface area (Å²) < 4.78 is 19.4. The van der Waals surface area contributed by atoms with Crippen molar-refractivity contribution in [3.8, 4) is 0 Å². The summed E-state index contributed by atoms with van der Waals surface area (Å²) in [6, 6.07) is 1.53. The third-order valence-electron chi connectivity index (χ3n) is 3.12. The van der Waals surface area contributed by atoms with Gasteiger partial charge in [-0.1, -0.05) is 11.6 Å². The molecule has 116 valence electrons. The van der Waals surface area contributed by atoms with Gasteiger partial charge in [-0.15, -0.1) is 5.10 Å². The van der Waals surface area contributed by atoms with Crippen LogP contribution in [0.3, 0.4) is 0 Å². The number of halogens is 2. The maximum atomic E-state index is 13.9. The third kappa shape index (κ3) is 3.40. The van der Waals surface area contributed by atoms with Crippen LogP contribution in [0.2, 0.25) is 5.02 Å². The normalized spacial score (nSPS) is 18.3. The molecule has 1 aliphatic rings. The lowest BCUT2D eigenvalue weighted by molar-refractivity contribution is 0.0526. The van der Waals surface area contributed by atoms with Crippen molar-refractivity contribution in [3.63, 3.8) is 0 Å². The van der Waals surface area contributed by atoms with E-state index in [1.807, 2.05) is 11.8 Å². The van der Waals surface area contributed by atoms with Crippen LogP contribution in [-0.4, -0.2) is 46.0 Å². The van der Waals surface area contributed by atoms with E-state index in [0.717, 1.165) is 6.20 Å². The quantitative estimate of drug-likeness (QED) is 0.925. The number of rotatable bonds is 3. The number of nitrogens with zero attached hydrogens (tertiary/aromatic N) is 5. The van der Waals surface area contributed by atoms with Crippen LogP contribution >= 0.6 is 11.6 Å². The summed E-state index contributed by atoms with van der Waals surface area (Å²) in [5, 5.41) is 10.7. The minimum absolute atomic E-state index is 0.0284. The Morgan fingerprint density at radius 2 is 2.32 bits per heavy atom. The molecule has 0 saturated carbocycles. The summed E-state index contributed by atoms with van der Waals surface area (Å²) in [4.78, 5) is 10.2. The van der Waals surface area contributed by atoms with Crippen molar-refractivity contribution in [1.29, 1.82) is 0 Å². The highest BCUT2D eigenvalue weighted by atomic mass is 35.5. The fraction of sp³-hybridized carbons (Fsp3) is 0.385. The van der Waals surface area contributed by atoms with Crippen LogP contribution in [0, 0.1) is 5.82 Å². The molecule has 0 bridgehead atoms. The van der Waals surface area contributed by atoms with Crippen molar-refractivity contribution in [2.45, 2.75) is 13.0 Å². The first-order valence-electron chi connectivity index (χ1n) is 6.76. The summed E-state index contributed by atoms with van der Waals surface area (Å²) in [6.45, 7) is 3.87. The van der Waals surface area contributed by atoms with Crippen LogP contribution in [-0.2, 0) is 4.74 Å². The van der Waals surface area contributed by atoms with E-state index in [-0.39, 0.29) is 11.9 Å². The SMILES string of the molecule is CC1CN(c2ncc(F)c(Nc3cc(Cl)cnn3)n2)CCO1. The molecule has 3 rings (SSSR count). The molecule has 0 spiro atoms. The van der Waals surface area contributed by atoms with Crippen LogP contribution in [0.5, 0.6) is 0 Å². The topological polar surface area (TPSA) is 76.1 Å². The first kappa shape index (κ1) is 14.9. The van der Waals surface area contributed by atoms with Crippen molar-refractivity contribution in [1.82, 2.24) is 20.2 Å². The number of nitrogens with one attached hydrogen (secondary N) is 1. The molecule has 9 heteroatoms. The predicted octanol–water partition coefficient (Wildman–Crippen LogP) is 2.03. The van der Waals surface area contributed by atoms with Gasteiger partial charge in [0.15, 0.2) is 17.5 Å². The van der Waals surface area contributed by atoms with Gasteiger partial charge in [0.1, 0.15) is 0 Å². The second-order valence-electron chi connectivity index (χ2n) is 4.88. The zero-order valence-corrected chi connectivity index (χ0v) is 12.6. The van der Waals surface area contributed by atoms with Crippen molar-refractivity contribution in [3.05, 3.63) is 29.3 Å². The van der Waals surface area contributed by atoms with Crippen LogP contribution in [0.1, 0.15) is 6.92 Å². The van der Waals surface area contributed by atoms with E-state index in [1.54, 1.807) is 0 Å².